The first-order valence-electron chi connectivity index (χ1n) is 6.63. The van der Waals surface area contributed by atoms with Crippen LogP contribution >= 0.6 is 15.9 Å². The highest BCUT2D eigenvalue weighted by Crippen LogP contribution is 2.33. The van der Waals surface area contributed by atoms with Crippen molar-refractivity contribution in [3.63, 3.8) is 0 Å². The van der Waals surface area contributed by atoms with Gasteiger partial charge in [0.1, 0.15) is 0 Å². The Balaban J connectivity index is 2.17. The van der Waals surface area contributed by atoms with Gasteiger partial charge >= 0.3 is 0 Å². The van der Waals surface area contributed by atoms with E-state index in [1.165, 1.54) is 0 Å². The molecule has 1 aliphatic rings. The number of phenolic OH excluding ortho intramolecular Hbond substituents is 1. The number of nitrogens with one attached hydrogen (secondary N) is 2. The van der Waals surface area contributed by atoms with Crippen LogP contribution in [-0.2, 0) is 4.79 Å². The van der Waals surface area contributed by atoms with Crippen molar-refractivity contribution in [1.29, 1.82) is 0 Å². The molecule has 19 heavy (non-hydrogen) atoms. The molecule has 2 rings (SSSR count). The molecular weight excluding hydrogens is 308 g/mol. The predicted octanol–water partition coefficient (Wildman–Crippen LogP) is 3.02. The molecule has 104 valence electrons. The van der Waals surface area contributed by atoms with E-state index < -0.39 is 5.54 Å². The number of hydrogen-bond donors (Lipinski definition) is 3. The Hall–Kier alpha value is -1.07. The quantitative estimate of drug-likeness (QED) is 0.745. The molecule has 1 saturated heterocycles. The lowest BCUT2D eigenvalue weighted by Gasteiger charge is -2.28. The van der Waals surface area contributed by atoms with E-state index in [0.29, 0.717) is 10.2 Å². The van der Waals surface area contributed by atoms with Gasteiger partial charge in [0.15, 0.2) is 5.75 Å². The molecule has 1 aromatic carbocycles. The maximum absolute atomic E-state index is 12.5. The molecule has 0 saturated carbocycles. The average Bonchev–Trinajstić information content (AvgIpc) is 2.85. The van der Waals surface area contributed by atoms with Crippen LogP contribution in [-0.4, -0.2) is 23.1 Å². The molecule has 1 amide bonds. The van der Waals surface area contributed by atoms with E-state index in [-0.39, 0.29) is 11.7 Å². The predicted molar refractivity (Wildman–Crippen MR) is 79.3 cm³/mol. The molecule has 0 aliphatic carbocycles. The maximum atomic E-state index is 12.5. The summed E-state index contributed by atoms with van der Waals surface area (Å²) in [6, 6.07) is 5.22. The summed E-state index contributed by atoms with van der Waals surface area (Å²) in [6.07, 6.45) is 3.62. The van der Waals surface area contributed by atoms with Crippen LogP contribution in [0.3, 0.4) is 0 Å². The molecule has 0 aromatic heterocycles. The minimum absolute atomic E-state index is 0.0553. The highest BCUT2D eigenvalue weighted by molar-refractivity contribution is 9.10. The van der Waals surface area contributed by atoms with Crippen LogP contribution < -0.4 is 10.6 Å². The third kappa shape index (κ3) is 2.92. The summed E-state index contributed by atoms with van der Waals surface area (Å²) >= 11 is 3.25. The fourth-order valence-electron chi connectivity index (χ4n) is 2.61. The fraction of sp³-hybridized carbons (Fsp3) is 0.500. The Morgan fingerprint density at radius 1 is 1.58 bits per heavy atom. The minimum Gasteiger partial charge on any atom is -0.505 e. The number of amides is 1. The Morgan fingerprint density at radius 3 is 3.00 bits per heavy atom. The number of carbonyl (C=O) groups is 1. The highest BCUT2D eigenvalue weighted by atomic mass is 79.9. The SMILES string of the molecule is CCCC1(C(=O)Nc2cccc(Br)c2O)CCCN1. The Labute approximate surface area is 121 Å². The summed E-state index contributed by atoms with van der Waals surface area (Å²) in [6.45, 7) is 2.95. The van der Waals surface area contributed by atoms with Crippen molar-refractivity contribution < 1.29 is 9.90 Å². The lowest BCUT2D eigenvalue weighted by molar-refractivity contribution is -0.122. The second kappa shape index (κ2) is 5.92. The second-order valence-corrected chi connectivity index (χ2v) is 5.81. The summed E-state index contributed by atoms with van der Waals surface area (Å²) in [5.41, 5.74) is -0.0349. The van der Waals surface area contributed by atoms with Crippen LogP contribution in [0.2, 0.25) is 0 Å². The van der Waals surface area contributed by atoms with E-state index in [9.17, 15) is 9.90 Å². The number of hydrogen-bond acceptors (Lipinski definition) is 3. The number of benzene rings is 1. The normalized spacial score (nSPS) is 22.4. The highest BCUT2D eigenvalue weighted by Gasteiger charge is 2.40. The van der Waals surface area contributed by atoms with Crippen molar-refractivity contribution in [2.24, 2.45) is 0 Å². The first kappa shape index (κ1) is 14.3. The van der Waals surface area contributed by atoms with Crippen molar-refractivity contribution in [2.75, 3.05) is 11.9 Å². The number of halogens is 1. The van der Waals surface area contributed by atoms with Gasteiger partial charge in [-0.2, -0.15) is 0 Å². The van der Waals surface area contributed by atoms with Crippen molar-refractivity contribution in [1.82, 2.24) is 5.32 Å². The number of phenols is 1. The zero-order valence-electron chi connectivity index (χ0n) is 11.0. The number of anilines is 1. The number of rotatable bonds is 4. The molecule has 0 radical (unpaired) electrons. The molecule has 0 spiro atoms. The Kier molecular flexibility index (Phi) is 4.47. The molecule has 1 fully saturated rings. The van der Waals surface area contributed by atoms with E-state index in [4.69, 9.17) is 0 Å². The smallest absolute Gasteiger partial charge is 0.244 e. The zero-order valence-corrected chi connectivity index (χ0v) is 12.6. The summed E-state index contributed by atoms with van der Waals surface area (Å²) in [5, 5.41) is 16.1. The minimum atomic E-state index is -0.483. The van der Waals surface area contributed by atoms with Crippen molar-refractivity contribution in [2.45, 2.75) is 38.1 Å². The van der Waals surface area contributed by atoms with Crippen molar-refractivity contribution in [3.8, 4) is 5.75 Å². The maximum Gasteiger partial charge on any atom is 0.244 e. The largest absolute Gasteiger partial charge is 0.505 e. The van der Waals surface area contributed by atoms with Crippen molar-refractivity contribution >= 4 is 27.5 Å². The summed E-state index contributed by atoms with van der Waals surface area (Å²) in [5.74, 6) is 0.0146. The second-order valence-electron chi connectivity index (χ2n) is 4.95. The van der Waals surface area contributed by atoms with Gasteiger partial charge in [0.2, 0.25) is 5.91 Å². The van der Waals surface area contributed by atoms with Crippen LogP contribution in [0.1, 0.15) is 32.6 Å². The van der Waals surface area contributed by atoms with Crippen LogP contribution in [0.25, 0.3) is 0 Å². The van der Waals surface area contributed by atoms with E-state index in [2.05, 4.69) is 33.5 Å². The summed E-state index contributed by atoms with van der Waals surface area (Å²) in [7, 11) is 0. The van der Waals surface area contributed by atoms with Gasteiger partial charge < -0.3 is 15.7 Å². The van der Waals surface area contributed by atoms with Gasteiger partial charge in [-0.25, -0.2) is 0 Å². The third-order valence-electron chi connectivity index (χ3n) is 3.59. The molecule has 5 heteroatoms. The van der Waals surface area contributed by atoms with Crippen molar-refractivity contribution in [3.05, 3.63) is 22.7 Å². The first-order valence-corrected chi connectivity index (χ1v) is 7.42. The van der Waals surface area contributed by atoms with Gasteiger partial charge in [0.25, 0.3) is 0 Å². The average molecular weight is 327 g/mol. The zero-order chi connectivity index (χ0) is 13.9. The van der Waals surface area contributed by atoms with Crippen LogP contribution in [0.15, 0.2) is 22.7 Å². The first-order chi connectivity index (χ1) is 9.09. The van der Waals surface area contributed by atoms with Gasteiger partial charge in [0.05, 0.1) is 15.7 Å². The van der Waals surface area contributed by atoms with Gasteiger partial charge in [-0.05, 0) is 53.9 Å². The molecule has 0 bridgehead atoms. The van der Waals surface area contributed by atoms with Gasteiger partial charge in [0, 0.05) is 0 Å². The van der Waals surface area contributed by atoms with E-state index in [1.54, 1.807) is 18.2 Å². The molecular formula is C14H19BrN2O2. The lowest BCUT2D eigenvalue weighted by atomic mass is 9.90. The topological polar surface area (TPSA) is 61.4 Å². The van der Waals surface area contributed by atoms with E-state index in [1.807, 2.05) is 0 Å². The van der Waals surface area contributed by atoms with Crippen LogP contribution in [0.5, 0.6) is 5.75 Å². The lowest BCUT2D eigenvalue weighted by Crippen LogP contribution is -2.50. The van der Waals surface area contributed by atoms with Gasteiger partial charge in [-0.3, -0.25) is 4.79 Å². The number of para-hydroxylation sites is 1. The standard InChI is InChI=1S/C14H19BrN2O2/c1-2-7-14(8-4-9-16-14)13(19)17-11-6-3-5-10(15)12(11)18/h3,5-6,16,18H,2,4,7-9H2,1H3,(H,17,19). The number of carbonyl (C=O) groups excluding carboxylic acids is 1. The molecule has 1 atom stereocenters. The Bertz CT molecular complexity index is 471. The summed E-state index contributed by atoms with van der Waals surface area (Å²) in [4.78, 5) is 12.5. The van der Waals surface area contributed by atoms with Crippen LogP contribution in [0, 0.1) is 0 Å². The van der Waals surface area contributed by atoms with E-state index >= 15 is 0 Å². The molecule has 1 heterocycles. The fourth-order valence-corrected chi connectivity index (χ4v) is 2.98. The monoisotopic (exact) mass is 326 g/mol. The molecule has 1 aromatic rings. The molecule has 1 aliphatic heterocycles. The molecule has 1 unspecified atom stereocenters. The number of aromatic hydroxyl groups is 1. The van der Waals surface area contributed by atoms with Crippen LogP contribution in [0.4, 0.5) is 5.69 Å². The van der Waals surface area contributed by atoms with Gasteiger partial charge in [-0.1, -0.05) is 19.4 Å². The third-order valence-corrected chi connectivity index (χ3v) is 4.23. The molecule has 4 nitrogen and oxygen atoms in total. The molecule has 3 N–H and O–H groups in total. The summed E-state index contributed by atoms with van der Waals surface area (Å²) < 4.78 is 0.578. The Morgan fingerprint density at radius 2 is 2.37 bits per heavy atom. The van der Waals surface area contributed by atoms with E-state index in [0.717, 1.165) is 32.2 Å². The van der Waals surface area contributed by atoms with Gasteiger partial charge in [-0.15, -0.1) is 0 Å².